The number of aromatic nitrogens is 4. The maximum atomic E-state index is 13.6. The molecule has 184 valence electrons. The Kier molecular flexibility index (Phi) is 6.56. The summed E-state index contributed by atoms with van der Waals surface area (Å²) < 4.78 is 22.0. The average molecular weight is 507 g/mol. The standard InChI is InChI=1S/C26H24ClFN6O2/c1-3-25(35)34-8-6-17(7-9-34)36-24-12-19-22(11-18(24)23-13-33(2)15-31-23)29-14-30-26(19)32-16-4-5-21(28)20(27)10-16/h3-5,10-15,17H,1,6-9H2,2H3,(H,29,30,32). The van der Waals surface area contributed by atoms with Crippen LogP contribution in [-0.4, -0.2) is 49.5 Å². The molecule has 5 rings (SSSR count). The zero-order valence-corrected chi connectivity index (χ0v) is 20.4. The van der Waals surface area contributed by atoms with Crippen LogP contribution in [-0.2, 0) is 11.8 Å². The summed E-state index contributed by atoms with van der Waals surface area (Å²) in [5.41, 5.74) is 2.85. The summed E-state index contributed by atoms with van der Waals surface area (Å²) in [7, 11) is 1.91. The van der Waals surface area contributed by atoms with E-state index >= 15 is 0 Å². The lowest BCUT2D eigenvalue weighted by Crippen LogP contribution is -2.41. The maximum absolute atomic E-state index is 13.6. The molecule has 8 nitrogen and oxygen atoms in total. The molecule has 1 aliphatic rings. The van der Waals surface area contributed by atoms with Crippen molar-refractivity contribution in [3.63, 3.8) is 0 Å². The number of ether oxygens (including phenoxy) is 1. The molecule has 4 aromatic rings. The number of likely N-dealkylation sites (tertiary alicyclic amines) is 1. The van der Waals surface area contributed by atoms with E-state index in [1.807, 2.05) is 29.9 Å². The van der Waals surface area contributed by atoms with Crippen molar-refractivity contribution in [1.29, 1.82) is 0 Å². The molecule has 0 atom stereocenters. The lowest BCUT2D eigenvalue weighted by Gasteiger charge is -2.32. The number of piperidine rings is 1. The number of rotatable bonds is 6. The number of amides is 1. The Morgan fingerprint density at radius 3 is 2.72 bits per heavy atom. The molecule has 1 amide bonds. The predicted octanol–water partition coefficient (Wildman–Crippen LogP) is 5.12. The molecular weight excluding hydrogens is 483 g/mol. The Bertz CT molecular complexity index is 1450. The number of imidazole rings is 1. The van der Waals surface area contributed by atoms with E-state index in [1.165, 1.54) is 24.5 Å². The van der Waals surface area contributed by atoms with Crippen molar-refractivity contribution in [2.75, 3.05) is 18.4 Å². The van der Waals surface area contributed by atoms with Gasteiger partial charge in [0, 0.05) is 55.8 Å². The maximum Gasteiger partial charge on any atom is 0.245 e. The zero-order valence-electron chi connectivity index (χ0n) is 19.6. The van der Waals surface area contributed by atoms with Gasteiger partial charge in [0.15, 0.2) is 0 Å². The molecule has 3 heterocycles. The van der Waals surface area contributed by atoms with Crippen LogP contribution < -0.4 is 10.1 Å². The Hall–Kier alpha value is -3.98. The Morgan fingerprint density at radius 1 is 1.22 bits per heavy atom. The van der Waals surface area contributed by atoms with Crippen molar-refractivity contribution >= 4 is 39.9 Å². The lowest BCUT2D eigenvalue weighted by atomic mass is 10.1. The van der Waals surface area contributed by atoms with E-state index < -0.39 is 5.82 Å². The number of hydrogen-bond donors (Lipinski definition) is 1. The molecule has 2 aromatic carbocycles. The number of nitrogens with zero attached hydrogens (tertiary/aromatic N) is 5. The fourth-order valence-corrected chi connectivity index (χ4v) is 4.43. The molecule has 0 bridgehead atoms. The number of benzene rings is 2. The van der Waals surface area contributed by atoms with Crippen molar-refractivity contribution in [2.45, 2.75) is 18.9 Å². The van der Waals surface area contributed by atoms with Gasteiger partial charge in [0.1, 0.15) is 29.8 Å². The third-order valence-electron chi connectivity index (χ3n) is 6.12. The first-order chi connectivity index (χ1) is 17.4. The van der Waals surface area contributed by atoms with Gasteiger partial charge in [0.05, 0.1) is 22.6 Å². The van der Waals surface area contributed by atoms with Gasteiger partial charge in [0.25, 0.3) is 0 Å². The minimum absolute atomic E-state index is 0.0149. The van der Waals surface area contributed by atoms with Crippen LogP contribution in [0.5, 0.6) is 5.75 Å². The number of hydrogen-bond acceptors (Lipinski definition) is 6. The van der Waals surface area contributed by atoms with E-state index in [2.05, 4.69) is 26.8 Å². The monoisotopic (exact) mass is 506 g/mol. The molecule has 2 aromatic heterocycles. The van der Waals surface area contributed by atoms with Crippen LogP contribution in [0.1, 0.15) is 12.8 Å². The molecule has 0 aliphatic carbocycles. The number of anilines is 2. The highest BCUT2D eigenvalue weighted by Crippen LogP contribution is 2.37. The first kappa shape index (κ1) is 23.7. The molecular formula is C26H24ClFN6O2. The third kappa shape index (κ3) is 4.87. The smallest absolute Gasteiger partial charge is 0.245 e. The van der Waals surface area contributed by atoms with Crippen LogP contribution in [0.4, 0.5) is 15.9 Å². The highest BCUT2D eigenvalue weighted by Gasteiger charge is 2.24. The molecule has 36 heavy (non-hydrogen) atoms. The summed E-state index contributed by atoms with van der Waals surface area (Å²) in [6.45, 7) is 4.77. The summed E-state index contributed by atoms with van der Waals surface area (Å²) in [6, 6.07) is 8.21. The highest BCUT2D eigenvalue weighted by atomic mass is 35.5. The van der Waals surface area contributed by atoms with Gasteiger partial charge in [-0.25, -0.2) is 19.3 Å². The Morgan fingerprint density at radius 2 is 2.03 bits per heavy atom. The Balaban J connectivity index is 1.51. The van der Waals surface area contributed by atoms with E-state index in [-0.39, 0.29) is 17.0 Å². The minimum Gasteiger partial charge on any atom is -0.490 e. The summed E-state index contributed by atoms with van der Waals surface area (Å²) in [4.78, 5) is 27.1. The molecule has 0 saturated carbocycles. The number of carbonyl (C=O) groups excluding carboxylic acids is 1. The van der Waals surface area contributed by atoms with E-state index in [0.717, 1.165) is 16.6 Å². The van der Waals surface area contributed by atoms with Crippen molar-refractivity contribution in [3.05, 3.63) is 72.7 Å². The van der Waals surface area contributed by atoms with E-state index in [0.29, 0.717) is 48.7 Å². The van der Waals surface area contributed by atoms with Crippen LogP contribution in [0.3, 0.4) is 0 Å². The van der Waals surface area contributed by atoms with E-state index in [1.54, 1.807) is 17.3 Å². The van der Waals surface area contributed by atoms with Gasteiger partial charge in [-0.3, -0.25) is 4.79 Å². The second-order valence-electron chi connectivity index (χ2n) is 8.61. The van der Waals surface area contributed by atoms with Crippen LogP contribution in [0.15, 0.2) is 61.8 Å². The number of aryl methyl sites for hydroxylation is 1. The number of carbonyl (C=O) groups is 1. The van der Waals surface area contributed by atoms with Gasteiger partial charge in [-0.15, -0.1) is 0 Å². The van der Waals surface area contributed by atoms with E-state index in [9.17, 15) is 9.18 Å². The van der Waals surface area contributed by atoms with Crippen molar-refractivity contribution in [2.24, 2.45) is 7.05 Å². The number of halogens is 2. The quantitative estimate of drug-likeness (QED) is 0.365. The topological polar surface area (TPSA) is 85.2 Å². The molecule has 0 spiro atoms. The number of nitrogens with one attached hydrogen (secondary N) is 1. The first-order valence-electron chi connectivity index (χ1n) is 11.5. The Labute approximate surface area is 212 Å². The summed E-state index contributed by atoms with van der Waals surface area (Å²) in [5, 5.41) is 3.95. The normalized spacial score (nSPS) is 14.1. The molecule has 1 saturated heterocycles. The minimum atomic E-state index is -0.494. The van der Waals surface area contributed by atoms with Crippen LogP contribution >= 0.6 is 11.6 Å². The first-order valence-corrected chi connectivity index (χ1v) is 11.9. The van der Waals surface area contributed by atoms with E-state index in [4.69, 9.17) is 16.3 Å². The summed E-state index contributed by atoms with van der Waals surface area (Å²) in [6.07, 6.45) is 7.77. The largest absolute Gasteiger partial charge is 0.490 e. The van der Waals surface area contributed by atoms with Gasteiger partial charge in [-0.05, 0) is 36.4 Å². The van der Waals surface area contributed by atoms with Crippen molar-refractivity contribution < 1.29 is 13.9 Å². The van der Waals surface area contributed by atoms with Crippen LogP contribution in [0.25, 0.3) is 22.2 Å². The molecule has 1 fully saturated rings. The predicted molar refractivity (Wildman–Crippen MR) is 137 cm³/mol. The van der Waals surface area contributed by atoms with Crippen molar-refractivity contribution in [1.82, 2.24) is 24.4 Å². The van der Waals surface area contributed by atoms with Crippen LogP contribution in [0.2, 0.25) is 5.02 Å². The molecule has 0 unspecified atom stereocenters. The third-order valence-corrected chi connectivity index (χ3v) is 6.41. The molecule has 0 radical (unpaired) electrons. The fourth-order valence-electron chi connectivity index (χ4n) is 4.25. The fraction of sp³-hybridized carbons (Fsp3) is 0.231. The van der Waals surface area contributed by atoms with Crippen LogP contribution in [0, 0.1) is 5.82 Å². The summed E-state index contributed by atoms with van der Waals surface area (Å²) >= 11 is 5.95. The van der Waals surface area contributed by atoms with Gasteiger partial charge >= 0.3 is 0 Å². The summed E-state index contributed by atoms with van der Waals surface area (Å²) in [5.74, 6) is 0.615. The molecule has 1 N–H and O–H groups in total. The SMILES string of the molecule is C=CC(=O)N1CCC(Oc2cc3c(Nc4ccc(F)c(Cl)c4)ncnc3cc2-c2cn(C)cn2)CC1. The zero-order chi connectivity index (χ0) is 25.2. The lowest BCUT2D eigenvalue weighted by molar-refractivity contribution is -0.127. The molecule has 1 aliphatic heterocycles. The second-order valence-corrected chi connectivity index (χ2v) is 9.02. The highest BCUT2D eigenvalue weighted by molar-refractivity contribution is 6.31. The number of fused-ring (bicyclic) bond motifs is 1. The average Bonchev–Trinajstić information content (AvgIpc) is 3.32. The second kappa shape index (κ2) is 9.94. The van der Waals surface area contributed by atoms with Crippen molar-refractivity contribution in [3.8, 4) is 17.0 Å². The van der Waals surface area contributed by atoms with Gasteiger partial charge in [-0.1, -0.05) is 18.2 Å². The van der Waals surface area contributed by atoms with Gasteiger partial charge < -0.3 is 19.5 Å². The van der Waals surface area contributed by atoms with Gasteiger partial charge in [-0.2, -0.15) is 0 Å². The van der Waals surface area contributed by atoms with Gasteiger partial charge in [0.2, 0.25) is 5.91 Å². The molecule has 10 heteroatoms.